The second-order valence-electron chi connectivity index (χ2n) is 7.77. The summed E-state index contributed by atoms with van der Waals surface area (Å²) in [4.78, 5) is 16.6. The van der Waals surface area contributed by atoms with Crippen molar-refractivity contribution in [2.24, 2.45) is 5.92 Å². The van der Waals surface area contributed by atoms with Gasteiger partial charge in [-0.15, -0.1) is 5.10 Å². The number of aryl methyl sites for hydroxylation is 2. The number of hydrogen-bond donors (Lipinski definition) is 2. The molecule has 29 heavy (non-hydrogen) atoms. The van der Waals surface area contributed by atoms with Crippen molar-refractivity contribution in [2.45, 2.75) is 33.7 Å². The average molecular weight is 387 g/mol. The second-order valence-corrected chi connectivity index (χ2v) is 7.77. The minimum absolute atomic E-state index is 0.105. The Kier molecular flexibility index (Phi) is 4.92. The number of aromatic nitrogens is 3. The molecule has 1 amide bonds. The molecule has 0 saturated heterocycles. The molecule has 6 nitrogen and oxygen atoms in total. The summed E-state index contributed by atoms with van der Waals surface area (Å²) in [5.74, 6) is 0.666. The summed E-state index contributed by atoms with van der Waals surface area (Å²) in [7, 11) is 0. The summed E-state index contributed by atoms with van der Waals surface area (Å²) in [5, 5.41) is 10.7. The zero-order valence-electron chi connectivity index (χ0n) is 17.1. The highest BCUT2D eigenvalue weighted by Crippen LogP contribution is 2.33. The van der Waals surface area contributed by atoms with Gasteiger partial charge in [-0.2, -0.15) is 4.98 Å². The number of nitrogens with one attached hydrogen (secondary N) is 2. The maximum Gasteiger partial charge on any atom is 0.250 e. The lowest BCUT2D eigenvalue weighted by molar-refractivity contribution is -0.118. The Bertz CT molecular complexity index is 1060. The molecule has 1 aliphatic heterocycles. The number of carbonyl (C=O) groups is 1. The molecule has 4 rings (SSSR count). The summed E-state index contributed by atoms with van der Waals surface area (Å²) in [5.41, 5.74) is 5.57. The quantitative estimate of drug-likeness (QED) is 0.689. The van der Waals surface area contributed by atoms with Gasteiger partial charge in [-0.1, -0.05) is 73.5 Å². The molecule has 3 aromatic rings. The van der Waals surface area contributed by atoms with Crippen molar-refractivity contribution < 1.29 is 4.79 Å². The fourth-order valence-corrected chi connectivity index (χ4v) is 3.20. The van der Waals surface area contributed by atoms with Crippen LogP contribution in [0.25, 0.3) is 5.70 Å². The van der Waals surface area contributed by atoms with Gasteiger partial charge in [0, 0.05) is 11.6 Å². The maximum atomic E-state index is 12.1. The van der Waals surface area contributed by atoms with Crippen LogP contribution in [0.5, 0.6) is 0 Å². The average Bonchev–Trinajstić information content (AvgIpc) is 3.10. The van der Waals surface area contributed by atoms with Gasteiger partial charge in [0.1, 0.15) is 6.04 Å². The molecule has 148 valence electrons. The molecule has 0 spiro atoms. The van der Waals surface area contributed by atoms with Crippen LogP contribution >= 0.6 is 0 Å². The molecule has 0 bridgehead atoms. The van der Waals surface area contributed by atoms with Gasteiger partial charge >= 0.3 is 0 Å². The largest absolute Gasteiger partial charge is 0.324 e. The fraction of sp³-hybridized carbons (Fsp3) is 0.261. The van der Waals surface area contributed by atoms with Gasteiger partial charge in [-0.25, -0.2) is 4.68 Å². The number of carbonyl (C=O) groups excluding carboxylic acids is 1. The molecule has 1 aromatic heterocycles. The Morgan fingerprint density at radius 3 is 2.28 bits per heavy atom. The number of benzene rings is 2. The molecule has 0 fully saturated rings. The molecule has 0 unspecified atom stereocenters. The van der Waals surface area contributed by atoms with Gasteiger partial charge in [-0.3, -0.25) is 10.1 Å². The second kappa shape index (κ2) is 7.54. The first-order valence-corrected chi connectivity index (χ1v) is 9.80. The van der Waals surface area contributed by atoms with Gasteiger partial charge in [-0.05, 0) is 31.1 Å². The zero-order valence-corrected chi connectivity index (χ0v) is 17.1. The molecule has 2 heterocycles. The molecule has 0 radical (unpaired) electrons. The summed E-state index contributed by atoms with van der Waals surface area (Å²) in [6, 6.07) is 16.6. The van der Waals surface area contributed by atoms with Crippen LogP contribution in [0.2, 0.25) is 0 Å². The SMILES string of the molecule is Cc1ccc(C2=C[C@@H](c3ccc(C)cc3)n3nc(NC(=O)C(C)C)nc3N2)cc1. The summed E-state index contributed by atoms with van der Waals surface area (Å²) < 4.78 is 1.82. The Balaban J connectivity index is 1.75. The van der Waals surface area contributed by atoms with Crippen molar-refractivity contribution in [3.63, 3.8) is 0 Å². The third-order valence-corrected chi connectivity index (χ3v) is 5.01. The van der Waals surface area contributed by atoms with E-state index in [1.165, 1.54) is 11.1 Å². The van der Waals surface area contributed by atoms with E-state index < -0.39 is 0 Å². The van der Waals surface area contributed by atoms with Crippen LogP contribution in [-0.2, 0) is 4.79 Å². The molecule has 6 heteroatoms. The lowest BCUT2D eigenvalue weighted by Crippen LogP contribution is -2.20. The van der Waals surface area contributed by atoms with E-state index >= 15 is 0 Å². The first-order valence-electron chi connectivity index (χ1n) is 9.80. The lowest BCUT2D eigenvalue weighted by Gasteiger charge is -2.24. The Morgan fingerprint density at radius 2 is 1.66 bits per heavy atom. The molecule has 0 aliphatic carbocycles. The van der Waals surface area contributed by atoms with E-state index in [2.05, 4.69) is 89.2 Å². The van der Waals surface area contributed by atoms with Gasteiger partial charge in [0.15, 0.2) is 0 Å². The number of amides is 1. The molecule has 1 aliphatic rings. The van der Waals surface area contributed by atoms with E-state index in [1.54, 1.807) is 0 Å². The Morgan fingerprint density at radius 1 is 1.03 bits per heavy atom. The van der Waals surface area contributed by atoms with Crippen molar-refractivity contribution in [1.29, 1.82) is 0 Å². The van der Waals surface area contributed by atoms with Crippen molar-refractivity contribution >= 4 is 23.5 Å². The van der Waals surface area contributed by atoms with Crippen LogP contribution in [0.1, 0.15) is 42.1 Å². The van der Waals surface area contributed by atoms with E-state index in [0.717, 1.165) is 16.8 Å². The molecular weight excluding hydrogens is 362 g/mol. The number of hydrogen-bond acceptors (Lipinski definition) is 4. The van der Waals surface area contributed by atoms with E-state index in [-0.39, 0.29) is 17.9 Å². The number of anilines is 2. The van der Waals surface area contributed by atoms with Gasteiger partial charge in [0.05, 0.1) is 0 Å². The van der Waals surface area contributed by atoms with Crippen molar-refractivity contribution in [3.8, 4) is 0 Å². The highest BCUT2D eigenvalue weighted by molar-refractivity contribution is 5.90. The topological polar surface area (TPSA) is 71.8 Å². The zero-order chi connectivity index (χ0) is 20.5. The molecular formula is C23H25N5O. The van der Waals surface area contributed by atoms with Crippen LogP contribution in [0.15, 0.2) is 54.6 Å². The highest BCUT2D eigenvalue weighted by atomic mass is 16.2. The monoisotopic (exact) mass is 387 g/mol. The van der Waals surface area contributed by atoms with Gasteiger partial charge < -0.3 is 5.32 Å². The van der Waals surface area contributed by atoms with Crippen LogP contribution in [0.4, 0.5) is 11.9 Å². The third kappa shape index (κ3) is 3.92. The number of nitrogens with zero attached hydrogens (tertiary/aromatic N) is 3. The standard InChI is InChI=1S/C23H25N5O/c1-14(2)21(29)25-22-26-23-24-19(17-9-5-15(3)6-10-17)13-20(28(23)27-22)18-11-7-16(4)8-12-18/h5-14,20H,1-4H3,(H2,24,25,26,27,29)/t20-/m0/s1. The smallest absolute Gasteiger partial charge is 0.250 e. The fourth-order valence-electron chi connectivity index (χ4n) is 3.20. The Hall–Kier alpha value is -3.41. The van der Waals surface area contributed by atoms with Gasteiger partial charge in [0.25, 0.3) is 5.95 Å². The highest BCUT2D eigenvalue weighted by Gasteiger charge is 2.26. The summed E-state index contributed by atoms with van der Waals surface area (Å²) >= 11 is 0. The molecule has 0 saturated carbocycles. The van der Waals surface area contributed by atoms with E-state index in [9.17, 15) is 4.79 Å². The Labute approximate surface area is 170 Å². The maximum absolute atomic E-state index is 12.1. The number of fused-ring (bicyclic) bond motifs is 1. The van der Waals surface area contributed by atoms with E-state index in [0.29, 0.717) is 11.9 Å². The minimum atomic E-state index is -0.141. The summed E-state index contributed by atoms with van der Waals surface area (Å²) in [6.07, 6.45) is 2.14. The predicted molar refractivity (Wildman–Crippen MR) is 116 cm³/mol. The molecule has 2 N–H and O–H groups in total. The predicted octanol–water partition coefficient (Wildman–Crippen LogP) is 4.55. The first-order chi connectivity index (χ1) is 13.9. The third-order valence-electron chi connectivity index (χ3n) is 5.01. The minimum Gasteiger partial charge on any atom is -0.324 e. The van der Waals surface area contributed by atoms with E-state index in [4.69, 9.17) is 0 Å². The molecule has 1 atom stereocenters. The number of rotatable bonds is 4. The molecule has 2 aromatic carbocycles. The van der Waals surface area contributed by atoms with Crippen LogP contribution in [0, 0.1) is 19.8 Å². The van der Waals surface area contributed by atoms with Crippen molar-refractivity contribution in [2.75, 3.05) is 10.6 Å². The van der Waals surface area contributed by atoms with Gasteiger partial charge in [0.2, 0.25) is 11.9 Å². The van der Waals surface area contributed by atoms with Crippen molar-refractivity contribution in [3.05, 3.63) is 76.9 Å². The first kappa shape index (κ1) is 18.9. The van der Waals surface area contributed by atoms with Crippen LogP contribution in [-0.4, -0.2) is 20.7 Å². The van der Waals surface area contributed by atoms with Crippen LogP contribution < -0.4 is 10.6 Å². The van der Waals surface area contributed by atoms with E-state index in [1.807, 2.05) is 18.5 Å². The van der Waals surface area contributed by atoms with Crippen molar-refractivity contribution in [1.82, 2.24) is 14.8 Å². The van der Waals surface area contributed by atoms with Crippen LogP contribution in [0.3, 0.4) is 0 Å². The lowest BCUT2D eigenvalue weighted by atomic mass is 10.0. The summed E-state index contributed by atoms with van der Waals surface area (Å²) in [6.45, 7) is 7.83. The number of allylic oxidation sites excluding steroid dienone is 1. The normalized spacial score (nSPS) is 15.5.